The largest absolute Gasteiger partial charge is 0.323 e. The highest BCUT2D eigenvalue weighted by Crippen LogP contribution is 2.35. The van der Waals surface area contributed by atoms with Crippen molar-refractivity contribution in [3.63, 3.8) is 0 Å². The summed E-state index contributed by atoms with van der Waals surface area (Å²) in [5.74, 6) is 0.152. The van der Waals surface area contributed by atoms with Crippen molar-refractivity contribution in [1.82, 2.24) is 15.1 Å². The molecule has 0 spiro atoms. The molecule has 0 unspecified atom stereocenters. The van der Waals surface area contributed by atoms with Crippen molar-refractivity contribution < 1.29 is 4.79 Å². The second kappa shape index (κ2) is 5.52. The maximum Gasteiger partial charge on any atom is 0.230 e. The zero-order valence-corrected chi connectivity index (χ0v) is 11.2. The summed E-state index contributed by atoms with van der Waals surface area (Å²) in [4.78, 5) is 12.5. The highest BCUT2D eigenvalue weighted by Gasteiger charge is 2.38. The highest BCUT2D eigenvalue weighted by atomic mass is 16.2. The van der Waals surface area contributed by atoms with E-state index in [4.69, 9.17) is 0 Å². The summed E-state index contributed by atoms with van der Waals surface area (Å²) in [7, 11) is 1.85. The van der Waals surface area contributed by atoms with Crippen molar-refractivity contribution in [3.8, 4) is 0 Å². The molecule has 5 nitrogen and oxygen atoms in total. The number of nitrogens with zero attached hydrogens (tertiary/aromatic N) is 2. The van der Waals surface area contributed by atoms with Crippen LogP contribution in [0.4, 0.5) is 5.69 Å². The van der Waals surface area contributed by atoms with Gasteiger partial charge in [0.1, 0.15) is 0 Å². The van der Waals surface area contributed by atoms with E-state index < -0.39 is 0 Å². The molecule has 1 aliphatic rings. The van der Waals surface area contributed by atoms with Crippen LogP contribution in [0.3, 0.4) is 0 Å². The Morgan fingerprint density at radius 2 is 2.28 bits per heavy atom. The standard InChI is InChI=1S/C13H22N4O/c1-3-4-13(5-7-14-8-6-13)12(18)16-11-9-15-17(2)10-11/h9-10,14H,3-8H2,1-2H3,(H,16,18). The third-order valence-corrected chi connectivity index (χ3v) is 3.73. The van der Waals surface area contributed by atoms with Gasteiger partial charge in [-0.2, -0.15) is 5.10 Å². The Bertz CT molecular complexity index is 401. The Morgan fingerprint density at radius 3 is 2.83 bits per heavy atom. The Kier molecular flexibility index (Phi) is 4.01. The van der Waals surface area contributed by atoms with E-state index in [1.165, 1.54) is 0 Å². The van der Waals surface area contributed by atoms with E-state index in [0.29, 0.717) is 0 Å². The number of hydrogen-bond acceptors (Lipinski definition) is 3. The van der Waals surface area contributed by atoms with Gasteiger partial charge in [-0.25, -0.2) is 0 Å². The molecule has 0 bridgehead atoms. The van der Waals surface area contributed by atoms with Crippen LogP contribution in [0, 0.1) is 5.41 Å². The molecule has 1 amide bonds. The number of hydrogen-bond donors (Lipinski definition) is 2. The number of carbonyl (C=O) groups is 1. The summed E-state index contributed by atoms with van der Waals surface area (Å²) in [6.45, 7) is 4.00. The molecule has 0 aliphatic carbocycles. The first kappa shape index (κ1) is 13.1. The molecule has 100 valence electrons. The highest BCUT2D eigenvalue weighted by molar-refractivity contribution is 5.95. The minimum absolute atomic E-state index is 0.152. The van der Waals surface area contributed by atoms with Crippen molar-refractivity contribution in [3.05, 3.63) is 12.4 Å². The lowest BCUT2D eigenvalue weighted by molar-refractivity contribution is -0.127. The first-order valence-electron chi connectivity index (χ1n) is 6.67. The topological polar surface area (TPSA) is 59.0 Å². The Balaban J connectivity index is 2.08. The van der Waals surface area contributed by atoms with Gasteiger partial charge in [0.05, 0.1) is 17.3 Å². The second-order valence-corrected chi connectivity index (χ2v) is 5.14. The molecule has 1 fully saturated rings. The predicted molar refractivity (Wildman–Crippen MR) is 71.3 cm³/mol. The molecule has 1 saturated heterocycles. The molecule has 18 heavy (non-hydrogen) atoms. The molecule has 2 N–H and O–H groups in total. The number of aryl methyl sites for hydroxylation is 1. The number of nitrogens with one attached hydrogen (secondary N) is 2. The fourth-order valence-electron chi connectivity index (χ4n) is 2.72. The Hall–Kier alpha value is -1.36. The summed E-state index contributed by atoms with van der Waals surface area (Å²) in [6, 6.07) is 0. The molecule has 0 radical (unpaired) electrons. The lowest BCUT2D eigenvalue weighted by Gasteiger charge is -2.35. The van der Waals surface area contributed by atoms with Crippen LogP contribution in [0.25, 0.3) is 0 Å². The number of aromatic nitrogens is 2. The van der Waals surface area contributed by atoms with Gasteiger partial charge in [0.15, 0.2) is 0 Å². The van der Waals surface area contributed by atoms with Gasteiger partial charge < -0.3 is 10.6 Å². The minimum Gasteiger partial charge on any atom is -0.323 e. The van der Waals surface area contributed by atoms with Crippen molar-refractivity contribution in [2.45, 2.75) is 32.6 Å². The van der Waals surface area contributed by atoms with Crippen LogP contribution in [0.1, 0.15) is 32.6 Å². The fraction of sp³-hybridized carbons (Fsp3) is 0.692. The summed E-state index contributed by atoms with van der Waals surface area (Å²) in [5.41, 5.74) is 0.590. The molecule has 0 saturated carbocycles. The van der Waals surface area contributed by atoms with Gasteiger partial charge in [-0.15, -0.1) is 0 Å². The molecule has 1 aromatic rings. The smallest absolute Gasteiger partial charge is 0.230 e. The Morgan fingerprint density at radius 1 is 1.56 bits per heavy atom. The maximum absolute atomic E-state index is 12.5. The zero-order chi connectivity index (χ0) is 13.0. The van der Waals surface area contributed by atoms with Gasteiger partial charge in [0.25, 0.3) is 0 Å². The van der Waals surface area contributed by atoms with Crippen LogP contribution >= 0.6 is 0 Å². The summed E-state index contributed by atoms with van der Waals surface area (Å²) in [5, 5.41) is 10.4. The van der Waals surface area contributed by atoms with E-state index in [0.717, 1.165) is 44.5 Å². The first-order chi connectivity index (χ1) is 8.66. The van der Waals surface area contributed by atoms with Crippen molar-refractivity contribution in [1.29, 1.82) is 0 Å². The van der Waals surface area contributed by atoms with Gasteiger partial charge in [-0.05, 0) is 32.4 Å². The van der Waals surface area contributed by atoms with E-state index in [-0.39, 0.29) is 11.3 Å². The quantitative estimate of drug-likeness (QED) is 0.852. The molecule has 5 heteroatoms. The molecular formula is C13H22N4O. The van der Waals surface area contributed by atoms with Crippen LogP contribution in [-0.2, 0) is 11.8 Å². The summed E-state index contributed by atoms with van der Waals surface area (Å²) in [6.07, 6.45) is 7.37. The number of anilines is 1. The van der Waals surface area contributed by atoms with Crippen molar-refractivity contribution in [2.24, 2.45) is 12.5 Å². The van der Waals surface area contributed by atoms with Crippen LogP contribution in [0.2, 0.25) is 0 Å². The Labute approximate surface area is 108 Å². The van der Waals surface area contributed by atoms with E-state index >= 15 is 0 Å². The first-order valence-corrected chi connectivity index (χ1v) is 6.67. The van der Waals surface area contributed by atoms with E-state index in [2.05, 4.69) is 22.7 Å². The van der Waals surface area contributed by atoms with Gasteiger partial charge >= 0.3 is 0 Å². The van der Waals surface area contributed by atoms with E-state index in [9.17, 15) is 4.79 Å². The minimum atomic E-state index is -0.199. The van der Waals surface area contributed by atoms with Crippen molar-refractivity contribution in [2.75, 3.05) is 18.4 Å². The lowest BCUT2D eigenvalue weighted by Crippen LogP contribution is -2.44. The fourth-order valence-corrected chi connectivity index (χ4v) is 2.72. The van der Waals surface area contributed by atoms with Gasteiger partial charge in [0.2, 0.25) is 5.91 Å². The third kappa shape index (κ3) is 2.72. The molecule has 1 aliphatic heterocycles. The van der Waals surface area contributed by atoms with Gasteiger partial charge in [-0.1, -0.05) is 13.3 Å². The third-order valence-electron chi connectivity index (χ3n) is 3.73. The van der Waals surface area contributed by atoms with E-state index in [1.54, 1.807) is 10.9 Å². The molecule has 2 rings (SSSR count). The van der Waals surface area contributed by atoms with Crippen molar-refractivity contribution >= 4 is 11.6 Å². The van der Waals surface area contributed by atoms with Gasteiger partial charge in [-0.3, -0.25) is 9.48 Å². The maximum atomic E-state index is 12.5. The van der Waals surface area contributed by atoms with Crippen LogP contribution < -0.4 is 10.6 Å². The van der Waals surface area contributed by atoms with E-state index in [1.807, 2.05) is 13.2 Å². The molecule has 1 aromatic heterocycles. The lowest BCUT2D eigenvalue weighted by atomic mass is 9.74. The molecule has 2 heterocycles. The number of carbonyl (C=O) groups excluding carboxylic acids is 1. The monoisotopic (exact) mass is 250 g/mol. The zero-order valence-electron chi connectivity index (χ0n) is 11.2. The predicted octanol–water partition coefficient (Wildman–Crippen LogP) is 1.53. The number of amides is 1. The SMILES string of the molecule is CCCC1(C(=O)Nc2cnn(C)c2)CCNCC1. The number of piperidine rings is 1. The van der Waals surface area contributed by atoms with Gasteiger partial charge in [0, 0.05) is 13.2 Å². The molecule has 0 aromatic carbocycles. The van der Waals surface area contributed by atoms with Crippen LogP contribution in [0.5, 0.6) is 0 Å². The molecule has 0 atom stereocenters. The summed E-state index contributed by atoms with van der Waals surface area (Å²) < 4.78 is 1.70. The second-order valence-electron chi connectivity index (χ2n) is 5.14. The average Bonchev–Trinajstić information content (AvgIpc) is 2.76. The van der Waals surface area contributed by atoms with Crippen LogP contribution in [0.15, 0.2) is 12.4 Å². The normalized spacial score (nSPS) is 18.6. The molecular weight excluding hydrogens is 228 g/mol. The van der Waals surface area contributed by atoms with Crippen LogP contribution in [-0.4, -0.2) is 28.8 Å². The number of rotatable bonds is 4. The summed E-state index contributed by atoms with van der Waals surface area (Å²) >= 11 is 0. The average molecular weight is 250 g/mol.